The Labute approximate surface area is 116 Å². The average Bonchev–Trinajstić information content (AvgIpc) is 2.58. The normalized spacial score (nSPS) is 10.6. The minimum atomic E-state index is -0.225. The summed E-state index contributed by atoms with van der Waals surface area (Å²) in [6.45, 7) is 5.54. The number of anilines is 1. The fraction of sp³-hybridized carbons (Fsp3) is 0.308. The van der Waals surface area contributed by atoms with Crippen LogP contribution in [0.4, 0.5) is 5.69 Å². The summed E-state index contributed by atoms with van der Waals surface area (Å²) in [6, 6.07) is 1.79. The summed E-state index contributed by atoms with van der Waals surface area (Å²) in [5, 5.41) is 7.27. The monoisotopic (exact) mass is 278 g/mol. The second-order valence-corrected chi connectivity index (χ2v) is 4.83. The van der Waals surface area contributed by atoms with Gasteiger partial charge >= 0.3 is 0 Å². The lowest BCUT2D eigenvalue weighted by Crippen LogP contribution is -2.14. The number of pyridine rings is 1. The van der Waals surface area contributed by atoms with Gasteiger partial charge in [-0.15, -0.1) is 0 Å². The van der Waals surface area contributed by atoms with Gasteiger partial charge in [-0.2, -0.15) is 5.10 Å². The van der Waals surface area contributed by atoms with E-state index in [9.17, 15) is 4.79 Å². The molecule has 0 saturated carbocycles. The molecule has 19 heavy (non-hydrogen) atoms. The first-order valence-electron chi connectivity index (χ1n) is 5.84. The van der Waals surface area contributed by atoms with Gasteiger partial charge in [0.05, 0.1) is 16.9 Å². The van der Waals surface area contributed by atoms with E-state index in [2.05, 4.69) is 15.4 Å². The molecule has 2 aromatic heterocycles. The highest BCUT2D eigenvalue weighted by molar-refractivity contribution is 6.32. The maximum atomic E-state index is 12.3. The van der Waals surface area contributed by atoms with Crippen molar-refractivity contribution < 1.29 is 4.79 Å². The zero-order valence-corrected chi connectivity index (χ0v) is 12.0. The van der Waals surface area contributed by atoms with Gasteiger partial charge < -0.3 is 5.32 Å². The Morgan fingerprint density at radius 1 is 1.37 bits per heavy atom. The maximum absolute atomic E-state index is 12.3. The van der Waals surface area contributed by atoms with Gasteiger partial charge in [-0.3, -0.25) is 9.48 Å². The second kappa shape index (κ2) is 5.01. The minimum Gasteiger partial charge on any atom is -0.319 e. The molecule has 1 amide bonds. The van der Waals surface area contributed by atoms with Crippen molar-refractivity contribution in [3.8, 4) is 0 Å². The molecule has 0 atom stereocenters. The van der Waals surface area contributed by atoms with Crippen LogP contribution < -0.4 is 5.32 Å². The van der Waals surface area contributed by atoms with E-state index in [0.29, 0.717) is 16.9 Å². The standard InChI is InChI=1S/C13H15ClN4O/c1-7-5-10(12(14)15-6-7)16-13(19)11-8(2)17-18(4)9(11)3/h5-6H,1-4H3,(H,16,19). The largest absolute Gasteiger partial charge is 0.319 e. The van der Waals surface area contributed by atoms with Crippen molar-refractivity contribution in [3.63, 3.8) is 0 Å². The molecule has 0 aliphatic heterocycles. The highest BCUT2D eigenvalue weighted by atomic mass is 35.5. The Bertz CT molecular complexity index is 648. The Kier molecular flexibility index (Phi) is 3.57. The van der Waals surface area contributed by atoms with Gasteiger partial charge in [-0.25, -0.2) is 4.98 Å². The summed E-state index contributed by atoms with van der Waals surface area (Å²) in [5.41, 5.74) is 3.51. The molecule has 0 fully saturated rings. The maximum Gasteiger partial charge on any atom is 0.259 e. The summed E-state index contributed by atoms with van der Waals surface area (Å²) in [5.74, 6) is -0.225. The van der Waals surface area contributed by atoms with Crippen LogP contribution >= 0.6 is 11.6 Å². The van der Waals surface area contributed by atoms with Crippen molar-refractivity contribution in [1.29, 1.82) is 0 Å². The minimum absolute atomic E-state index is 0.225. The van der Waals surface area contributed by atoms with Gasteiger partial charge in [-0.1, -0.05) is 11.6 Å². The SMILES string of the molecule is Cc1cnc(Cl)c(NC(=O)c2c(C)nn(C)c2C)c1. The molecule has 2 rings (SSSR count). The van der Waals surface area contributed by atoms with Crippen molar-refractivity contribution in [2.45, 2.75) is 20.8 Å². The van der Waals surface area contributed by atoms with Crippen LogP contribution in [0.2, 0.25) is 5.15 Å². The number of rotatable bonds is 2. The van der Waals surface area contributed by atoms with Gasteiger partial charge in [-0.05, 0) is 32.4 Å². The number of aromatic nitrogens is 3. The van der Waals surface area contributed by atoms with E-state index >= 15 is 0 Å². The van der Waals surface area contributed by atoms with Crippen LogP contribution in [-0.4, -0.2) is 20.7 Å². The van der Waals surface area contributed by atoms with E-state index in [-0.39, 0.29) is 11.1 Å². The van der Waals surface area contributed by atoms with Crippen molar-refractivity contribution >= 4 is 23.2 Å². The Hall–Kier alpha value is -1.88. The third-order valence-corrected chi connectivity index (χ3v) is 3.26. The number of carbonyl (C=O) groups excluding carboxylic acids is 1. The molecule has 1 N–H and O–H groups in total. The quantitative estimate of drug-likeness (QED) is 0.859. The first kappa shape index (κ1) is 13.5. The molecule has 0 unspecified atom stereocenters. The van der Waals surface area contributed by atoms with E-state index in [1.807, 2.05) is 13.8 Å². The molecule has 0 aliphatic rings. The molecule has 0 aliphatic carbocycles. The highest BCUT2D eigenvalue weighted by Gasteiger charge is 2.18. The van der Waals surface area contributed by atoms with Crippen LogP contribution in [0.15, 0.2) is 12.3 Å². The van der Waals surface area contributed by atoms with Crippen molar-refractivity contribution in [2.24, 2.45) is 7.05 Å². The fourth-order valence-electron chi connectivity index (χ4n) is 1.93. The van der Waals surface area contributed by atoms with E-state index in [0.717, 1.165) is 11.3 Å². The van der Waals surface area contributed by atoms with E-state index < -0.39 is 0 Å². The molecular formula is C13H15ClN4O. The number of hydrogen-bond donors (Lipinski definition) is 1. The molecule has 0 saturated heterocycles. The second-order valence-electron chi connectivity index (χ2n) is 4.47. The molecule has 100 valence electrons. The Morgan fingerprint density at radius 3 is 2.63 bits per heavy atom. The van der Waals surface area contributed by atoms with Crippen LogP contribution in [0.3, 0.4) is 0 Å². The van der Waals surface area contributed by atoms with Gasteiger partial charge in [0.25, 0.3) is 5.91 Å². The van der Waals surface area contributed by atoms with Crippen LogP contribution in [0, 0.1) is 20.8 Å². The van der Waals surface area contributed by atoms with Gasteiger partial charge in [0.15, 0.2) is 5.15 Å². The lowest BCUT2D eigenvalue weighted by atomic mass is 10.2. The zero-order chi connectivity index (χ0) is 14.2. The van der Waals surface area contributed by atoms with Crippen molar-refractivity contribution in [3.05, 3.63) is 39.9 Å². The van der Waals surface area contributed by atoms with Crippen LogP contribution in [0.25, 0.3) is 0 Å². The number of carbonyl (C=O) groups is 1. The van der Waals surface area contributed by atoms with Crippen molar-refractivity contribution in [2.75, 3.05) is 5.32 Å². The average molecular weight is 279 g/mol. The molecule has 0 bridgehead atoms. The predicted molar refractivity (Wildman–Crippen MR) is 74.6 cm³/mol. The summed E-state index contributed by atoms with van der Waals surface area (Å²) < 4.78 is 1.68. The van der Waals surface area contributed by atoms with Gasteiger partial charge in [0, 0.05) is 18.9 Å². The summed E-state index contributed by atoms with van der Waals surface area (Å²) in [4.78, 5) is 16.3. The van der Waals surface area contributed by atoms with Crippen LogP contribution in [-0.2, 0) is 7.05 Å². The molecule has 2 aromatic rings. The smallest absolute Gasteiger partial charge is 0.259 e. The number of aryl methyl sites for hydroxylation is 3. The molecule has 5 nitrogen and oxygen atoms in total. The van der Waals surface area contributed by atoms with Crippen LogP contribution in [0.5, 0.6) is 0 Å². The molecule has 0 radical (unpaired) electrons. The number of hydrogen-bond acceptors (Lipinski definition) is 3. The molecular weight excluding hydrogens is 264 g/mol. The number of nitrogens with zero attached hydrogens (tertiary/aromatic N) is 3. The van der Waals surface area contributed by atoms with Gasteiger partial charge in [0.1, 0.15) is 0 Å². The summed E-state index contributed by atoms with van der Waals surface area (Å²) in [6.07, 6.45) is 1.65. The lowest BCUT2D eigenvalue weighted by molar-refractivity contribution is 0.102. The number of halogens is 1. The first-order chi connectivity index (χ1) is 8.90. The predicted octanol–water partition coefficient (Wildman–Crippen LogP) is 2.65. The van der Waals surface area contributed by atoms with Gasteiger partial charge in [0.2, 0.25) is 0 Å². The first-order valence-corrected chi connectivity index (χ1v) is 6.21. The van der Waals surface area contributed by atoms with E-state index in [1.54, 1.807) is 30.9 Å². The third kappa shape index (κ3) is 2.61. The van der Waals surface area contributed by atoms with Crippen LogP contribution in [0.1, 0.15) is 27.3 Å². The topological polar surface area (TPSA) is 59.8 Å². The Morgan fingerprint density at radius 2 is 2.05 bits per heavy atom. The zero-order valence-electron chi connectivity index (χ0n) is 11.3. The fourth-order valence-corrected chi connectivity index (χ4v) is 2.08. The third-order valence-electron chi connectivity index (χ3n) is 2.96. The van der Waals surface area contributed by atoms with E-state index in [1.165, 1.54) is 0 Å². The summed E-state index contributed by atoms with van der Waals surface area (Å²) in [7, 11) is 1.81. The summed E-state index contributed by atoms with van der Waals surface area (Å²) >= 11 is 5.97. The molecule has 0 spiro atoms. The highest BCUT2D eigenvalue weighted by Crippen LogP contribution is 2.22. The number of amides is 1. The lowest BCUT2D eigenvalue weighted by Gasteiger charge is -2.07. The van der Waals surface area contributed by atoms with Crippen molar-refractivity contribution in [1.82, 2.24) is 14.8 Å². The van der Waals surface area contributed by atoms with E-state index in [4.69, 9.17) is 11.6 Å². The Balaban J connectivity index is 2.33. The molecule has 6 heteroatoms. The molecule has 0 aromatic carbocycles. The molecule has 2 heterocycles. The number of nitrogens with one attached hydrogen (secondary N) is 1.